The Hall–Kier alpha value is -0.510. The molecular weight excluding hydrogens is 240 g/mol. The van der Waals surface area contributed by atoms with Crippen molar-refractivity contribution in [3.63, 3.8) is 0 Å². The zero-order valence-corrected chi connectivity index (χ0v) is 12.3. The predicted molar refractivity (Wildman–Crippen MR) is 80.2 cm³/mol. The Bertz CT molecular complexity index is 361. The van der Waals surface area contributed by atoms with Crippen LogP contribution in [-0.4, -0.2) is 37.8 Å². The summed E-state index contributed by atoms with van der Waals surface area (Å²) in [4.78, 5) is 3.83. The fourth-order valence-electron chi connectivity index (χ4n) is 2.65. The Balaban J connectivity index is 1.83. The molecular formula is C15H24N2S. The lowest BCUT2D eigenvalue weighted by Crippen LogP contribution is -2.34. The summed E-state index contributed by atoms with van der Waals surface area (Å²) in [6.45, 7) is 4.68. The molecule has 1 fully saturated rings. The van der Waals surface area contributed by atoms with E-state index < -0.39 is 0 Å². The number of hydrogen-bond acceptors (Lipinski definition) is 3. The monoisotopic (exact) mass is 264 g/mol. The molecule has 18 heavy (non-hydrogen) atoms. The van der Waals surface area contributed by atoms with Gasteiger partial charge < -0.3 is 10.2 Å². The molecule has 2 rings (SSSR count). The third kappa shape index (κ3) is 4.30. The predicted octanol–water partition coefficient (Wildman–Crippen LogP) is 2.84. The van der Waals surface area contributed by atoms with Crippen LogP contribution in [0.2, 0.25) is 0 Å². The van der Waals surface area contributed by atoms with Gasteiger partial charge in [-0.1, -0.05) is 12.1 Å². The Morgan fingerprint density at radius 1 is 1.33 bits per heavy atom. The lowest BCUT2D eigenvalue weighted by Gasteiger charge is -2.27. The van der Waals surface area contributed by atoms with E-state index in [9.17, 15) is 0 Å². The molecule has 0 atom stereocenters. The molecule has 0 amide bonds. The molecule has 1 aromatic rings. The van der Waals surface area contributed by atoms with E-state index in [1.807, 2.05) is 11.8 Å². The van der Waals surface area contributed by atoms with Gasteiger partial charge in [-0.2, -0.15) is 0 Å². The minimum atomic E-state index is 0.875. The standard InChI is InChI=1S/C15H24N2S/c1-17(11-13-6-8-16-9-7-13)12-14-4-3-5-15(10-14)18-2/h3-5,10,13,16H,6-9,11-12H2,1-2H3. The van der Waals surface area contributed by atoms with Gasteiger partial charge in [-0.05, 0) is 62.8 Å². The average Bonchev–Trinajstić information content (AvgIpc) is 2.40. The highest BCUT2D eigenvalue weighted by Crippen LogP contribution is 2.18. The van der Waals surface area contributed by atoms with Crippen LogP contribution in [0.3, 0.4) is 0 Å². The number of thioether (sulfide) groups is 1. The van der Waals surface area contributed by atoms with Gasteiger partial charge in [-0.15, -0.1) is 11.8 Å². The SMILES string of the molecule is CSc1cccc(CN(C)CC2CCNCC2)c1. The van der Waals surface area contributed by atoms with Crippen LogP contribution >= 0.6 is 11.8 Å². The van der Waals surface area contributed by atoms with E-state index in [1.54, 1.807) is 0 Å². The molecule has 100 valence electrons. The first-order chi connectivity index (χ1) is 8.78. The van der Waals surface area contributed by atoms with Crippen LogP contribution in [0.15, 0.2) is 29.2 Å². The quantitative estimate of drug-likeness (QED) is 0.823. The molecule has 1 heterocycles. The summed E-state index contributed by atoms with van der Waals surface area (Å²) in [5.41, 5.74) is 1.43. The summed E-state index contributed by atoms with van der Waals surface area (Å²) >= 11 is 1.82. The summed E-state index contributed by atoms with van der Waals surface area (Å²) in [7, 11) is 2.24. The molecule has 1 aromatic carbocycles. The van der Waals surface area contributed by atoms with E-state index in [1.165, 1.54) is 42.9 Å². The van der Waals surface area contributed by atoms with Crippen molar-refractivity contribution in [2.75, 3.05) is 32.9 Å². The Labute approximate surface area is 115 Å². The van der Waals surface area contributed by atoms with Gasteiger partial charge >= 0.3 is 0 Å². The van der Waals surface area contributed by atoms with Gasteiger partial charge in [0.2, 0.25) is 0 Å². The second-order valence-electron chi connectivity index (χ2n) is 5.24. The Morgan fingerprint density at radius 3 is 2.83 bits per heavy atom. The lowest BCUT2D eigenvalue weighted by atomic mass is 9.97. The first kappa shape index (κ1) is 13.9. The zero-order valence-electron chi connectivity index (χ0n) is 11.5. The molecule has 0 bridgehead atoms. The van der Waals surface area contributed by atoms with Crippen LogP contribution < -0.4 is 5.32 Å². The van der Waals surface area contributed by atoms with Crippen molar-refractivity contribution < 1.29 is 0 Å². The number of nitrogens with one attached hydrogen (secondary N) is 1. The van der Waals surface area contributed by atoms with E-state index in [2.05, 4.69) is 47.8 Å². The number of piperidine rings is 1. The molecule has 3 heteroatoms. The fraction of sp³-hybridized carbons (Fsp3) is 0.600. The summed E-state index contributed by atoms with van der Waals surface area (Å²) in [6.07, 6.45) is 4.79. The second kappa shape index (κ2) is 7.17. The molecule has 0 aromatic heterocycles. The highest BCUT2D eigenvalue weighted by atomic mass is 32.2. The molecule has 1 N–H and O–H groups in total. The van der Waals surface area contributed by atoms with Crippen LogP contribution in [0.5, 0.6) is 0 Å². The van der Waals surface area contributed by atoms with Crippen LogP contribution in [0.1, 0.15) is 18.4 Å². The molecule has 0 spiro atoms. The summed E-state index contributed by atoms with van der Waals surface area (Å²) in [5, 5.41) is 3.43. The summed E-state index contributed by atoms with van der Waals surface area (Å²) in [5.74, 6) is 0.875. The van der Waals surface area contributed by atoms with Gasteiger partial charge in [0.05, 0.1) is 0 Å². The maximum atomic E-state index is 3.43. The van der Waals surface area contributed by atoms with Gasteiger partial charge in [-0.25, -0.2) is 0 Å². The lowest BCUT2D eigenvalue weighted by molar-refractivity contribution is 0.234. The zero-order chi connectivity index (χ0) is 12.8. The maximum Gasteiger partial charge on any atom is 0.0231 e. The largest absolute Gasteiger partial charge is 0.317 e. The van der Waals surface area contributed by atoms with Gasteiger partial charge in [0.1, 0.15) is 0 Å². The van der Waals surface area contributed by atoms with Crippen molar-refractivity contribution in [3.8, 4) is 0 Å². The smallest absolute Gasteiger partial charge is 0.0231 e. The maximum absolute atomic E-state index is 3.43. The molecule has 2 nitrogen and oxygen atoms in total. The molecule has 1 saturated heterocycles. The van der Waals surface area contributed by atoms with Gasteiger partial charge in [-0.3, -0.25) is 0 Å². The third-order valence-corrected chi connectivity index (χ3v) is 4.34. The van der Waals surface area contributed by atoms with Crippen molar-refractivity contribution in [2.24, 2.45) is 5.92 Å². The van der Waals surface area contributed by atoms with Crippen LogP contribution in [-0.2, 0) is 6.54 Å². The summed E-state index contributed by atoms with van der Waals surface area (Å²) in [6, 6.07) is 8.89. The molecule has 0 saturated carbocycles. The van der Waals surface area contributed by atoms with Crippen molar-refractivity contribution in [3.05, 3.63) is 29.8 Å². The number of benzene rings is 1. The Kier molecular flexibility index (Phi) is 5.54. The molecule has 0 aliphatic carbocycles. The highest BCUT2D eigenvalue weighted by Gasteiger charge is 2.14. The first-order valence-corrected chi connectivity index (χ1v) is 8.02. The minimum absolute atomic E-state index is 0.875. The van der Waals surface area contributed by atoms with E-state index in [0.717, 1.165) is 12.5 Å². The molecule has 1 aliphatic rings. The van der Waals surface area contributed by atoms with Gasteiger partial charge in [0, 0.05) is 18.0 Å². The van der Waals surface area contributed by atoms with E-state index in [4.69, 9.17) is 0 Å². The first-order valence-electron chi connectivity index (χ1n) is 6.80. The molecule has 0 unspecified atom stereocenters. The second-order valence-corrected chi connectivity index (χ2v) is 6.12. The van der Waals surface area contributed by atoms with Crippen LogP contribution in [0, 0.1) is 5.92 Å². The molecule has 0 radical (unpaired) electrons. The normalized spacial score (nSPS) is 17.3. The van der Waals surface area contributed by atoms with Crippen LogP contribution in [0.4, 0.5) is 0 Å². The van der Waals surface area contributed by atoms with E-state index in [0.29, 0.717) is 0 Å². The number of nitrogens with zero attached hydrogens (tertiary/aromatic N) is 1. The molecule has 1 aliphatic heterocycles. The van der Waals surface area contributed by atoms with Gasteiger partial charge in [0.25, 0.3) is 0 Å². The van der Waals surface area contributed by atoms with Crippen molar-refractivity contribution in [1.82, 2.24) is 10.2 Å². The van der Waals surface area contributed by atoms with Crippen LogP contribution in [0.25, 0.3) is 0 Å². The van der Waals surface area contributed by atoms with E-state index in [-0.39, 0.29) is 0 Å². The van der Waals surface area contributed by atoms with E-state index >= 15 is 0 Å². The van der Waals surface area contributed by atoms with Crippen molar-refractivity contribution in [2.45, 2.75) is 24.3 Å². The average molecular weight is 264 g/mol. The topological polar surface area (TPSA) is 15.3 Å². The highest BCUT2D eigenvalue weighted by molar-refractivity contribution is 7.98. The number of hydrogen-bond donors (Lipinski definition) is 1. The van der Waals surface area contributed by atoms with Gasteiger partial charge in [0.15, 0.2) is 0 Å². The van der Waals surface area contributed by atoms with Crippen molar-refractivity contribution in [1.29, 1.82) is 0 Å². The van der Waals surface area contributed by atoms with Crippen molar-refractivity contribution >= 4 is 11.8 Å². The Morgan fingerprint density at radius 2 is 2.11 bits per heavy atom. The minimum Gasteiger partial charge on any atom is -0.317 e. The fourth-order valence-corrected chi connectivity index (χ4v) is 3.14. The summed E-state index contributed by atoms with van der Waals surface area (Å²) < 4.78 is 0. The number of rotatable bonds is 5. The third-order valence-electron chi connectivity index (χ3n) is 3.62.